The van der Waals surface area contributed by atoms with Gasteiger partial charge in [0.15, 0.2) is 0 Å². The van der Waals surface area contributed by atoms with Gasteiger partial charge in [0.1, 0.15) is 25.4 Å². The SMILES string of the molecule is CCCC1(C(=O)OCC2CO2)CCCCC1C(=O)OCC1CO1. The third-order valence-electron chi connectivity index (χ3n) is 5.04. The maximum atomic E-state index is 12.8. The van der Waals surface area contributed by atoms with Crippen LogP contribution in [0.15, 0.2) is 0 Å². The number of hydrogen-bond donors (Lipinski definition) is 0. The number of hydrogen-bond acceptors (Lipinski definition) is 6. The van der Waals surface area contributed by atoms with Crippen molar-refractivity contribution in [1.29, 1.82) is 0 Å². The molecule has 2 heterocycles. The van der Waals surface area contributed by atoms with Gasteiger partial charge in [0.05, 0.1) is 24.5 Å². The van der Waals surface area contributed by atoms with Crippen molar-refractivity contribution >= 4 is 11.9 Å². The molecule has 0 bridgehead atoms. The van der Waals surface area contributed by atoms with Crippen LogP contribution in [0, 0.1) is 11.3 Å². The van der Waals surface area contributed by atoms with E-state index in [0.717, 1.165) is 19.3 Å². The fourth-order valence-electron chi connectivity index (χ4n) is 3.59. The zero-order valence-corrected chi connectivity index (χ0v) is 13.8. The lowest BCUT2D eigenvalue weighted by Gasteiger charge is -2.40. The van der Waals surface area contributed by atoms with Gasteiger partial charge in [0.25, 0.3) is 0 Å². The second kappa shape index (κ2) is 7.18. The van der Waals surface area contributed by atoms with Crippen molar-refractivity contribution in [2.75, 3.05) is 26.4 Å². The fraction of sp³-hybridized carbons (Fsp3) is 0.882. The maximum absolute atomic E-state index is 12.8. The summed E-state index contributed by atoms with van der Waals surface area (Å²) in [6.07, 6.45) is 4.88. The molecule has 0 radical (unpaired) electrons. The topological polar surface area (TPSA) is 77.7 Å². The van der Waals surface area contributed by atoms with Crippen LogP contribution in [0.1, 0.15) is 45.4 Å². The Morgan fingerprint density at radius 1 is 1.09 bits per heavy atom. The van der Waals surface area contributed by atoms with Crippen LogP contribution in [0.2, 0.25) is 0 Å². The van der Waals surface area contributed by atoms with Gasteiger partial charge >= 0.3 is 11.9 Å². The van der Waals surface area contributed by atoms with Crippen LogP contribution in [0.3, 0.4) is 0 Å². The summed E-state index contributed by atoms with van der Waals surface area (Å²) in [6, 6.07) is 0. The summed E-state index contributed by atoms with van der Waals surface area (Å²) < 4.78 is 21.1. The zero-order valence-electron chi connectivity index (χ0n) is 13.8. The molecule has 1 saturated carbocycles. The van der Waals surface area contributed by atoms with Gasteiger partial charge < -0.3 is 18.9 Å². The maximum Gasteiger partial charge on any atom is 0.313 e. The molecule has 3 rings (SSSR count). The average molecular weight is 326 g/mol. The summed E-state index contributed by atoms with van der Waals surface area (Å²) in [7, 11) is 0. The Balaban J connectivity index is 1.68. The smallest absolute Gasteiger partial charge is 0.313 e. The van der Waals surface area contributed by atoms with Crippen LogP contribution < -0.4 is 0 Å². The summed E-state index contributed by atoms with van der Waals surface area (Å²) >= 11 is 0. The third kappa shape index (κ3) is 4.04. The van der Waals surface area contributed by atoms with Gasteiger partial charge in [0.2, 0.25) is 0 Å². The minimum atomic E-state index is -0.733. The lowest BCUT2D eigenvalue weighted by Crippen LogP contribution is -2.46. The molecule has 23 heavy (non-hydrogen) atoms. The molecule has 0 N–H and O–H groups in total. The second-order valence-corrected chi connectivity index (χ2v) is 6.84. The molecule has 2 aliphatic heterocycles. The lowest BCUT2D eigenvalue weighted by atomic mass is 9.64. The van der Waals surface area contributed by atoms with Crippen molar-refractivity contribution in [3.8, 4) is 0 Å². The Morgan fingerprint density at radius 3 is 2.35 bits per heavy atom. The van der Waals surface area contributed by atoms with Crippen molar-refractivity contribution in [2.45, 2.75) is 57.7 Å². The van der Waals surface area contributed by atoms with Crippen molar-refractivity contribution in [2.24, 2.45) is 11.3 Å². The van der Waals surface area contributed by atoms with Crippen molar-refractivity contribution < 1.29 is 28.5 Å². The first-order valence-corrected chi connectivity index (χ1v) is 8.73. The van der Waals surface area contributed by atoms with Crippen LogP contribution in [0.4, 0.5) is 0 Å². The van der Waals surface area contributed by atoms with Gasteiger partial charge in [-0.2, -0.15) is 0 Å². The van der Waals surface area contributed by atoms with E-state index in [1.165, 1.54) is 0 Å². The number of esters is 2. The molecule has 0 amide bonds. The summed E-state index contributed by atoms with van der Waals surface area (Å²) in [6.45, 7) is 3.93. The predicted octanol–water partition coefficient (Wildman–Crippen LogP) is 1.85. The summed E-state index contributed by atoms with van der Waals surface area (Å²) in [5.74, 6) is -0.921. The van der Waals surface area contributed by atoms with E-state index in [0.29, 0.717) is 45.7 Å². The molecule has 130 valence electrons. The van der Waals surface area contributed by atoms with E-state index in [1.54, 1.807) is 0 Å². The standard InChI is InChI=1S/C17H26O6/c1-2-6-17(16(19)23-11-13-9-21-13)7-4-3-5-14(17)15(18)22-10-12-8-20-12/h12-14H,2-11H2,1H3. The van der Waals surface area contributed by atoms with Crippen molar-refractivity contribution in [1.82, 2.24) is 0 Å². The number of rotatable bonds is 8. The molecule has 4 unspecified atom stereocenters. The minimum Gasteiger partial charge on any atom is -0.463 e. The second-order valence-electron chi connectivity index (χ2n) is 6.84. The Hall–Kier alpha value is -1.14. The van der Waals surface area contributed by atoms with Crippen LogP contribution in [-0.4, -0.2) is 50.6 Å². The quantitative estimate of drug-likeness (QED) is 0.500. The molecular formula is C17H26O6. The highest BCUT2D eigenvalue weighted by atomic mass is 16.6. The summed E-state index contributed by atoms with van der Waals surface area (Å²) in [5.41, 5.74) is -0.733. The van der Waals surface area contributed by atoms with Gasteiger partial charge in [-0.25, -0.2) is 0 Å². The molecule has 6 nitrogen and oxygen atoms in total. The summed E-state index contributed by atoms with van der Waals surface area (Å²) in [5, 5.41) is 0. The van der Waals surface area contributed by atoms with Crippen LogP contribution in [0.5, 0.6) is 0 Å². The molecule has 0 aromatic carbocycles. The molecule has 3 fully saturated rings. The molecule has 0 aromatic heterocycles. The van der Waals surface area contributed by atoms with E-state index in [1.807, 2.05) is 6.92 Å². The van der Waals surface area contributed by atoms with E-state index >= 15 is 0 Å². The minimum absolute atomic E-state index is 0.0404. The third-order valence-corrected chi connectivity index (χ3v) is 5.04. The van der Waals surface area contributed by atoms with E-state index in [4.69, 9.17) is 18.9 Å². The van der Waals surface area contributed by atoms with Gasteiger partial charge in [-0.15, -0.1) is 0 Å². The number of carbonyl (C=O) groups excluding carboxylic acids is 2. The first-order valence-electron chi connectivity index (χ1n) is 8.73. The Morgan fingerprint density at radius 2 is 1.74 bits per heavy atom. The summed E-state index contributed by atoms with van der Waals surface area (Å²) in [4.78, 5) is 25.4. The number of ether oxygens (including phenoxy) is 4. The van der Waals surface area contributed by atoms with E-state index in [2.05, 4.69) is 0 Å². The monoisotopic (exact) mass is 326 g/mol. The van der Waals surface area contributed by atoms with Gasteiger partial charge in [-0.05, 0) is 19.3 Å². The van der Waals surface area contributed by atoms with Crippen molar-refractivity contribution in [3.63, 3.8) is 0 Å². The highest BCUT2D eigenvalue weighted by Gasteiger charge is 2.52. The van der Waals surface area contributed by atoms with Crippen LogP contribution >= 0.6 is 0 Å². The van der Waals surface area contributed by atoms with E-state index in [9.17, 15) is 9.59 Å². The van der Waals surface area contributed by atoms with Gasteiger partial charge in [-0.3, -0.25) is 9.59 Å². The average Bonchev–Trinajstić information content (AvgIpc) is 3.45. The zero-order chi connectivity index (χ0) is 16.3. The van der Waals surface area contributed by atoms with Gasteiger partial charge in [0, 0.05) is 0 Å². The molecule has 2 saturated heterocycles. The van der Waals surface area contributed by atoms with Crippen LogP contribution in [0.25, 0.3) is 0 Å². The van der Waals surface area contributed by atoms with E-state index in [-0.39, 0.29) is 24.1 Å². The number of epoxide rings is 2. The molecule has 1 aliphatic carbocycles. The highest BCUT2D eigenvalue weighted by molar-refractivity contribution is 5.85. The lowest BCUT2D eigenvalue weighted by molar-refractivity contribution is -0.174. The Labute approximate surface area is 136 Å². The van der Waals surface area contributed by atoms with Gasteiger partial charge in [-0.1, -0.05) is 26.2 Å². The van der Waals surface area contributed by atoms with Crippen molar-refractivity contribution in [3.05, 3.63) is 0 Å². The molecule has 0 aromatic rings. The normalized spacial score (nSPS) is 35.4. The number of carbonyl (C=O) groups is 2. The molecule has 0 spiro atoms. The predicted molar refractivity (Wildman–Crippen MR) is 80.7 cm³/mol. The van der Waals surface area contributed by atoms with E-state index < -0.39 is 11.3 Å². The Kier molecular flexibility index (Phi) is 5.21. The fourth-order valence-corrected chi connectivity index (χ4v) is 3.59. The molecule has 3 aliphatic rings. The molecule has 6 heteroatoms. The highest BCUT2D eigenvalue weighted by Crippen LogP contribution is 2.46. The Bertz CT molecular complexity index is 438. The molecular weight excluding hydrogens is 300 g/mol. The van der Waals surface area contributed by atoms with Crippen LogP contribution in [-0.2, 0) is 28.5 Å². The largest absolute Gasteiger partial charge is 0.463 e. The molecule has 4 atom stereocenters. The first-order chi connectivity index (χ1) is 11.2. The first kappa shape index (κ1) is 16.7.